The Morgan fingerprint density at radius 1 is 1.03 bits per heavy atom. The zero-order valence-corrected chi connectivity index (χ0v) is 19.4. The molecule has 2 aliphatic rings. The van der Waals surface area contributed by atoms with E-state index in [1.807, 2.05) is 36.4 Å². The van der Waals surface area contributed by atoms with Gasteiger partial charge in [0.25, 0.3) is 11.5 Å². The number of carbonyl (C=O) groups is 2. The van der Waals surface area contributed by atoms with Gasteiger partial charge in [0.15, 0.2) is 17.3 Å². The highest BCUT2D eigenvalue weighted by Gasteiger charge is 2.28. The second-order valence-electron chi connectivity index (χ2n) is 8.19. The number of fused-ring (bicyclic) bond motifs is 1. The highest BCUT2D eigenvalue weighted by atomic mass is 16.6. The first-order valence-corrected chi connectivity index (χ1v) is 11.5. The molecule has 0 spiro atoms. The van der Waals surface area contributed by atoms with E-state index in [0.29, 0.717) is 24.4 Å². The molecule has 0 radical (unpaired) electrons. The number of hydrogen-bond acceptors (Lipinski definition) is 7. The fraction of sp³-hybridized carbons (Fsp3) is 0.231. The number of amides is 2. The average Bonchev–Trinajstić information content (AvgIpc) is 3.33. The molecule has 2 aliphatic heterocycles. The summed E-state index contributed by atoms with van der Waals surface area (Å²) < 4.78 is 17.7. The molecule has 3 heterocycles. The molecular weight excluding hydrogens is 464 g/mol. The van der Waals surface area contributed by atoms with Crippen molar-refractivity contribution in [3.05, 3.63) is 94.2 Å². The van der Waals surface area contributed by atoms with Gasteiger partial charge < -0.3 is 19.5 Å². The smallest absolute Gasteiger partial charge is 0.414 e. The van der Waals surface area contributed by atoms with E-state index in [2.05, 4.69) is 16.9 Å². The lowest BCUT2D eigenvalue weighted by Crippen LogP contribution is -2.35. The molecule has 1 saturated heterocycles. The van der Waals surface area contributed by atoms with Crippen molar-refractivity contribution in [3.8, 4) is 5.75 Å². The molecule has 3 aromatic rings. The fourth-order valence-corrected chi connectivity index (χ4v) is 4.09. The van der Waals surface area contributed by atoms with E-state index >= 15 is 0 Å². The number of para-hydroxylation sites is 1. The van der Waals surface area contributed by atoms with Crippen LogP contribution in [0.15, 0.2) is 66.0 Å². The molecule has 1 fully saturated rings. The number of benzene rings is 2. The molecule has 0 unspecified atom stereocenters. The number of nitrogens with one attached hydrogen (secondary N) is 1. The maximum Gasteiger partial charge on any atom is 0.414 e. The Hall–Kier alpha value is -4.60. The number of rotatable bonds is 7. The molecule has 10 heteroatoms. The van der Waals surface area contributed by atoms with Gasteiger partial charge in [-0.05, 0) is 17.2 Å². The van der Waals surface area contributed by atoms with Crippen LogP contribution in [0, 0.1) is 0 Å². The van der Waals surface area contributed by atoms with E-state index in [9.17, 15) is 14.4 Å². The lowest BCUT2D eigenvalue weighted by atomic mass is 10.1. The number of hydrogen-bond donors (Lipinski definition) is 1. The first-order valence-electron chi connectivity index (χ1n) is 11.5. The molecule has 0 aliphatic carbocycles. The van der Waals surface area contributed by atoms with Gasteiger partial charge in [-0.3, -0.25) is 19.1 Å². The molecule has 0 saturated carbocycles. The highest BCUT2D eigenvalue weighted by molar-refractivity contribution is 5.95. The van der Waals surface area contributed by atoms with E-state index in [-0.39, 0.29) is 49.3 Å². The summed E-state index contributed by atoms with van der Waals surface area (Å²) in [5, 5.41) is 2.80. The average molecular weight is 489 g/mol. The summed E-state index contributed by atoms with van der Waals surface area (Å²) in [6.45, 7) is 5.26. The summed E-state index contributed by atoms with van der Waals surface area (Å²) in [7, 11) is 0. The van der Waals surface area contributed by atoms with Crippen LogP contribution >= 0.6 is 0 Å². The molecular formula is C26H24N4O6. The van der Waals surface area contributed by atoms with E-state index in [1.165, 1.54) is 9.47 Å². The van der Waals surface area contributed by atoms with Gasteiger partial charge in [-0.2, -0.15) is 0 Å². The monoisotopic (exact) mass is 488 g/mol. The van der Waals surface area contributed by atoms with Crippen molar-refractivity contribution in [1.82, 2.24) is 14.9 Å². The summed E-state index contributed by atoms with van der Waals surface area (Å²) in [6.07, 6.45) is -0.437. The van der Waals surface area contributed by atoms with Crippen LogP contribution in [0.2, 0.25) is 0 Å². The van der Waals surface area contributed by atoms with Crippen molar-refractivity contribution in [2.24, 2.45) is 0 Å². The van der Waals surface area contributed by atoms with Crippen molar-refractivity contribution in [2.75, 3.05) is 24.7 Å². The minimum Gasteiger partial charge on any atom is -0.488 e. The van der Waals surface area contributed by atoms with Crippen molar-refractivity contribution >= 4 is 23.4 Å². The Balaban J connectivity index is 1.44. The van der Waals surface area contributed by atoms with Crippen molar-refractivity contribution in [3.63, 3.8) is 0 Å². The fourth-order valence-electron chi connectivity index (χ4n) is 4.09. The third kappa shape index (κ3) is 4.52. The Morgan fingerprint density at radius 3 is 2.56 bits per heavy atom. The number of cyclic esters (lactones) is 1. The zero-order chi connectivity index (χ0) is 25.1. The van der Waals surface area contributed by atoms with E-state index < -0.39 is 17.6 Å². The van der Waals surface area contributed by atoms with Gasteiger partial charge in [-0.15, -0.1) is 0 Å². The van der Waals surface area contributed by atoms with E-state index in [0.717, 1.165) is 5.56 Å². The molecule has 10 nitrogen and oxygen atoms in total. The Bertz CT molecular complexity index is 1380. The molecule has 1 N–H and O–H groups in total. The Morgan fingerprint density at radius 2 is 1.78 bits per heavy atom. The third-order valence-corrected chi connectivity index (χ3v) is 5.89. The first-order chi connectivity index (χ1) is 17.5. The van der Waals surface area contributed by atoms with Gasteiger partial charge in [-0.1, -0.05) is 55.1 Å². The van der Waals surface area contributed by atoms with Gasteiger partial charge in [0.1, 0.15) is 19.8 Å². The Kier molecular flexibility index (Phi) is 6.40. The van der Waals surface area contributed by atoms with Crippen LogP contribution in [0.5, 0.6) is 5.75 Å². The maximum atomic E-state index is 13.3. The van der Waals surface area contributed by atoms with Crippen LogP contribution in [-0.4, -0.2) is 41.3 Å². The minimum atomic E-state index is -0.601. The molecule has 0 atom stereocenters. The number of carbonyl (C=O) groups excluding carboxylic acids is 2. The van der Waals surface area contributed by atoms with Gasteiger partial charge in [0.05, 0.1) is 18.8 Å². The molecule has 2 amide bonds. The van der Waals surface area contributed by atoms with Gasteiger partial charge in [0.2, 0.25) is 5.75 Å². The summed E-state index contributed by atoms with van der Waals surface area (Å²) >= 11 is 0. The number of nitrogens with zero attached hydrogens (tertiary/aromatic N) is 3. The molecule has 1 aromatic heterocycles. The summed E-state index contributed by atoms with van der Waals surface area (Å²) in [6, 6.07) is 16.5. The van der Waals surface area contributed by atoms with Crippen LogP contribution in [0.3, 0.4) is 0 Å². The van der Waals surface area contributed by atoms with Gasteiger partial charge in [-0.25, -0.2) is 9.78 Å². The molecule has 184 valence electrons. The first kappa shape index (κ1) is 23.2. The van der Waals surface area contributed by atoms with Gasteiger partial charge >= 0.3 is 6.09 Å². The standard InChI is InChI=1S/C26H24N4O6/c1-17-23-28-21(22(25(32)30(23)12-13-34-17)36-16-18-7-3-2-4-8-18)24(31)27-15-19-9-5-6-10-20(19)29-11-14-35-26(29)33/h2-10H,1,11-16H2,(H,27,31). The van der Waals surface area contributed by atoms with Crippen molar-refractivity contribution in [2.45, 2.75) is 19.7 Å². The van der Waals surface area contributed by atoms with Gasteiger partial charge in [0, 0.05) is 6.54 Å². The second-order valence-corrected chi connectivity index (χ2v) is 8.19. The van der Waals surface area contributed by atoms with Crippen molar-refractivity contribution < 1.29 is 23.8 Å². The minimum absolute atomic E-state index is 0.0917. The normalized spacial score (nSPS) is 14.6. The van der Waals surface area contributed by atoms with Crippen LogP contribution < -0.4 is 20.5 Å². The van der Waals surface area contributed by atoms with Crippen LogP contribution in [0.25, 0.3) is 5.76 Å². The van der Waals surface area contributed by atoms with E-state index in [4.69, 9.17) is 14.2 Å². The molecule has 5 rings (SSSR count). The van der Waals surface area contributed by atoms with Crippen LogP contribution in [0.1, 0.15) is 27.4 Å². The van der Waals surface area contributed by atoms with Crippen LogP contribution in [0.4, 0.5) is 10.5 Å². The molecule has 2 aromatic carbocycles. The van der Waals surface area contributed by atoms with Crippen molar-refractivity contribution in [1.29, 1.82) is 0 Å². The Labute approximate surface area is 206 Å². The number of aromatic nitrogens is 2. The van der Waals surface area contributed by atoms with E-state index in [1.54, 1.807) is 18.2 Å². The highest BCUT2D eigenvalue weighted by Crippen LogP contribution is 2.24. The SMILES string of the molecule is C=C1OCCn2c1nc(C(=O)NCc1ccccc1N1CCOC1=O)c(OCc1ccccc1)c2=O. The number of ether oxygens (including phenoxy) is 3. The zero-order valence-electron chi connectivity index (χ0n) is 19.4. The summed E-state index contributed by atoms with van der Waals surface area (Å²) in [5.74, 6) is -0.356. The van der Waals surface area contributed by atoms with Crippen LogP contribution in [-0.2, 0) is 29.2 Å². The summed E-state index contributed by atoms with van der Waals surface area (Å²) in [4.78, 5) is 44.6. The quantitative estimate of drug-likeness (QED) is 0.544. The molecule has 36 heavy (non-hydrogen) atoms. The lowest BCUT2D eigenvalue weighted by molar-refractivity contribution is 0.0939. The summed E-state index contributed by atoms with van der Waals surface area (Å²) in [5.41, 5.74) is 1.54. The topological polar surface area (TPSA) is 112 Å². The molecule has 0 bridgehead atoms. The largest absolute Gasteiger partial charge is 0.488 e. The maximum absolute atomic E-state index is 13.3. The second kappa shape index (κ2) is 9.95. The number of anilines is 1. The lowest BCUT2D eigenvalue weighted by Gasteiger charge is -2.22. The predicted molar refractivity (Wildman–Crippen MR) is 131 cm³/mol. The predicted octanol–water partition coefficient (Wildman–Crippen LogP) is 2.71. The third-order valence-electron chi connectivity index (χ3n) is 5.89.